The van der Waals surface area contributed by atoms with E-state index in [1.807, 2.05) is 18.2 Å². The Balaban J connectivity index is 2.35. The van der Waals surface area contributed by atoms with Crippen LogP contribution in [0.1, 0.15) is 51.4 Å². The maximum atomic E-state index is 6.10. The van der Waals surface area contributed by atoms with Crippen molar-refractivity contribution in [3.05, 3.63) is 29.0 Å². The number of nitrogens with zero attached hydrogens (tertiary/aromatic N) is 2. The van der Waals surface area contributed by atoms with E-state index < -0.39 is 0 Å². The Morgan fingerprint density at radius 2 is 2.11 bits per heavy atom. The number of unbranched alkanes of at least 4 members (excludes halogenated alkanes) is 2. The van der Waals surface area contributed by atoms with Crippen LogP contribution in [0.4, 0.5) is 0 Å². The van der Waals surface area contributed by atoms with Crippen LogP contribution in [0.3, 0.4) is 0 Å². The summed E-state index contributed by atoms with van der Waals surface area (Å²) >= 11 is 12.1. The van der Waals surface area contributed by atoms with E-state index in [4.69, 9.17) is 23.2 Å². The van der Waals surface area contributed by atoms with Crippen LogP contribution in [0, 0.1) is 0 Å². The summed E-state index contributed by atoms with van der Waals surface area (Å²) in [7, 11) is 0. The highest BCUT2D eigenvalue weighted by atomic mass is 35.5. The topological polar surface area (TPSA) is 17.8 Å². The Bertz CT molecular complexity index is 548. The molecule has 0 radical (unpaired) electrons. The lowest BCUT2D eigenvalue weighted by atomic mass is 10.1. The van der Waals surface area contributed by atoms with Gasteiger partial charge in [0.2, 0.25) is 0 Å². The Morgan fingerprint density at radius 1 is 1.32 bits per heavy atom. The first kappa shape index (κ1) is 14.7. The van der Waals surface area contributed by atoms with Crippen molar-refractivity contribution >= 4 is 34.2 Å². The van der Waals surface area contributed by atoms with Crippen LogP contribution in [-0.2, 0) is 5.88 Å². The minimum absolute atomic E-state index is 0.406. The largest absolute Gasteiger partial charge is 0.324 e. The fourth-order valence-corrected chi connectivity index (χ4v) is 2.88. The minimum Gasteiger partial charge on any atom is -0.324 e. The number of alkyl halides is 1. The third kappa shape index (κ3) is 3.24. The van der Waals surface area contributed by atoms with Gasteiger partial charge in [0, 0.05) is 11.1 Å². The molecule has 2 aromatic rings. The average Bonchev–Trinajstić information content (AvgIpc) is 2.76. The fourth-order valence-electron chi connectivity index (χ4n) is 2.52. The predicted octanol–water partition coefficient (Wildman–Crippen LogP) is 5.57. The molecule has 0 bridgehead atoms. The van der Waals surface area contributed by atoms with Gasteiger partial charge in [-0.1, -0.05) is 37.8 Å². The summed E-state index contributed by atoms with van der Waals surface area (Å²) in [5.74, 6) is 1.37. The summed E-state index contributed by atoms with van der Waals surface area (Å²) in [5.41, 5.74) is 2.06. The SMILES string of the molecule is CCCCCC(C)n1c(CCl)nc2ccc(Cl)cc21. The second kappa shape index (κ2) is 6.62. The molecule has 2 rings (SSSR count). The highest BCUT2D eigenvalue weighted by molar-refractivity contribution is 6.31. The molecule has 0 aliphatic heterocycles. The van der Waals surface area contributed by atoms with E-state index in [2.05, 4.69) is 23.4 Å². The second-order valence-corrected chi connectivity index (χ2v) is 5.71. The van der Waals surface area contributed by atoms with Crippen molar-refractivity contribution in [2.24, 2.45) is 0 Å². The molecule has 0 fully saturated rings. The van der Waals surface area contributed by atoms with Crippen LogP contribution in [-0.4, -0.2) is 9.55 Å². The van der Waals surface area contributed by atoms with E-state index in [0.29, 0.717) is 11.9 Å². The summed E-state index contributed by atoms with van der Waals surface area (Å²) in [6, 6.07) is 6.23. The lowest BCUT2D eigenvalue weighted by molar-refractivity contribution is 0.477. The second-order valence-electron chi connectivity index (χ2n) is 5.01. The Morgan fingerprint density at radius 3 is 2.79 bits per heavy atom. The number of hydrogen-bond acceptors (Lipinski definition) is 1. The first-order valence-corrected chi connectivity index (χ1v) is 7.81. The molecule has 1 heterocycles. The fraction of sp³-hybridized carbons (Fsp3) is 0.533. The van der Waals surface area contributed by atoms with Crippen LogP contribution in [0.15, 0.2) is 18.2 Å². The Hall–Kier alpha value is -0.730. The molecule has 2 nitrogen and oxygen atoms in total. The van der Waals surface area contributed by atoms with Crippen molar-refractivity contribution in [2.45, 2.75) is 51.5 Å². The molecule has 104 valence electrons. The maximum absolute atomic E-state index is 6.10. The van der Waals surface area contributed by atoms with Crippen LogP contribution in [0.25, 0.3) is 11.0 Å². The van der Waals surface area contributed by atoms with Crippen molar-refractivity contribution in [1.82, 2.24) is 9.55 Å². The zero-order valence-corrected chi connectivity index (χ0v) is 13.0. The first-order valence-electron chi connectivity index (χ1n) is 6.89. The van der Waals surface area contributed by atoms with Crippen molar-refractivity contribution in [1.29, 1.82) is 0 Å². The van der Waals surface area contributed by atoms with E-state index in [9.17, 15) is 0 Å². The monoisotopic (exact) mass is 298 g/mol. The summed E-state index contributed by atoms with van der Waals surface area (Å²) in [4.78, 5) is 4.59. The summed E-state index contributed by atoms with van der Waals surface area (Å²) in [6.07, 6.45) is 4.90. The molecule has 1 atom stereocenters. The highest BCUT2D eigenvalue weighted by Crippen LogP contribution is 2.27. The first-order chi connectivity index (χ1) is 9.17. The van der Waals surface area contributed by atoms with Crippen molar-refractivity contribution < 1.29 is 0 Å². The molecular formula is C15H20Cl2N2. The standard InChI is InChI=1S/C15H20Cl2N2/c1-3-4-5-6-11(2)19-14-9-12(17)7-8-13(14)18-15(19)10-16/h7-9,11H,3-6,10H2,1-2H3. The van der Waals surface area contributed by atoms with Crippen LogP contribution in [0.2, 0.25) is 5.02 Å². The lowest BCUT2D eigenvalue weighted by Crippen LogP contribution is -2.08. The van der Waals surface area contributed by atoms with Crippen molar-refractivity contribution in [3.8, 4) is 0 Å². The number of imidazole rings is 1. The number of hydrogen-bond donors (Lipinski definition) is 0. The molecule has 1 aromatic heterocycles. The molecule has 0 aliphatic carbocycles. The molecule has 0 spiro atoms. The number of benzene rings is 1. The van der Waals surface area contributed by atoms with Gasteiger partial charge in [-0.2, -0.15) is 0 Å². The van der Waals surface area contributed by atoms with Gasteiger partial charge in [-0.15, -0.1) is 11.6 Å². The van der Waals surface area contributed by atoms with Gasteiger partial charge in [0.1, 0.15) is 5.82 Å². The van der Waals surface area contributed by atoms with Gasteiger partial charge in [0.15, 0.2) is 0 Å². The number of rotatable bonds is 6. The van der Waals surface area contributed by atoms with E-state index in [0.717, 1.165) is 28.3 Å². The molecule has 0 aliphatic rings. The predicted molar refractivity (Wildman–Crippen MR) is 83.2 cm³/mol. The zero-order chi connectivity index (χ0) is 13.8. The number of fused-ring (bicyclic) bond motifs is 1. The third-order valence-electron chi connectivity index (χ3n) is 3.51. The molecule has 4 heteroatoms. The minimum atomic E-state index is 0.406. The zero-order valence-electron chi connectivity index (χ0n) is 11.5. The van der Waals surface area contributed by atoms with Gasteiger partial charge in [0.05, 0.1) is 16.9 Å². The Labute approximate surface area is 124 Å². The van der Waals surface area contributed by atoms with Crippen LogP contribution >= 0.6 is 23.2 Å². The van der Waals surface area contributed by atoms with Crippen LogP contribution in [0.5, 0.6) is 0 Å². The molecule has 0 saturated carbocycles. The number of aromatic nitrogens is 2. The van der Waals surface area contributed by atoms with E-state index in [1.165, 1.54) is 19.3 Å². The smallest absolute Gasteiger partial charge is 0.125 e. The summed E-state index contributed by atoms with van der Waals surface area (Å²) in [5, 5.41) is 0.746. The van der Waals surface area contributed by atoms with Crippen LogP contribution < -0.4 is 0 Å². The van der Waals surface area contributed by atoms with E-state index in [-0.39, 0.29) is 0 Å². The van der Waals surface area contributed by atoms with Gasteiger partial charge in [-0.05, 0) is 31.5 Å². The third-order valence-corrected chi connectivity index (χ3v) is 3.98. The number of halogens is 2. The molecule has 0 saturated heterocycles. The van der Waals surface area contributed by atoms with E-state index in [1.54, 1.807) is 0 Å². The van der Waals surface area contributed by atoms with Crippen molar-refractivity contribution in [2.75, 3.05) is 0 Å². The van der Waals surface area contributed by atoms with Crippen molar-refractivity contribution in [3.63, 3.8) is 0 Å². The summed E-state index contributed by atoms with van der Waals surface area (Å²) in [6.45, 7) is 4.45. The maximum Gasteiger partial charge on any atom is 0.125 e. The molecule has 1 unspecified atom stereocenters. The highest BCUT2D eigenvalue weighted by Gasteiger charge is 2.15. The molecular weight excluding hydrogens is 279 g/mol. The molecule has 19 heavy (non-hydrogen) atoms. The average molecular weight is 299 g/mol. The van der Waals surface area contributed by atoms with Gasteiger partial charge < -0.3 is 4.57 Å². The molecule has 0 N–H and O–H groups in total. The normalized spacial score (nSPS) is 13.1. The summed E-state index contributed by atoms with van der Waals surface area (Å²) < 4.78 is 2.24. The Kier molecular flexibility index (Phi) is 5.12. The molecule has 0 amide bonds. The lowest BCUT2D eigenvalue weighted by Gasteiger charge is -2.17. The quantitative estimate of drug-likeness (QED) is 0.503. The molecule has 1 aromatic carbocycles. The van der Waals surface area contributed by atoms with Gasteiger partial charge >= 0.3 is 0 Å². The van der Waals surface area contributed by atoms with Gasteiger partial charge in [0.25, 0.3) is 0 Å². The van der Waals surface area contributed by atoms with Gasteiger partial charge in [-0.3, -0.25) is 0 Å². The van der Waals surface area contributed by atoms with Gasteiger partial charge in [-0.25, -0.2) is 4.98 Å². The van der Waals surface area contributed by atoms with E-state index >= 15 is 0 Å².